The number of anilines is 4. The maximum Gasteiger partial charge on any atom is 0.323 e. The second-order valence-corrected chi connectivity index (χ2v) is 7.65. The third-order valence-electron chi connectivity index (χ3n) is 5.30. The molecule has 1 aliphatic rings. The first-order valence-corrected chi connectivity index (χ1v) is 10.4. The number of nitrogens with zero attached hydrogens (tertiary/aromatic N) is 4. The van der Waals surface area contributed by atoms with Crippen LogP contribution in [0.25, 0.3) is 11.3 Å². The fourth-order valence-electron chi connectivity index (χ4n) is 3.55. The first-order chi connectivity index (χ1) is 15.5. The number of ether oxygens (including phenoxy) is 1. The van der Waals surface area contributed by atoms with Crippen molar-refractivity contribution in [2.45, 2.75) is 0 Å². The molecule has 2 heterocycles. The lowest BCUT2D eigenvalue weighted by atomic mass is 10.1. The van der Waals surface area contributed by atoms with Crippen LogP contribution in [0.1, 0.15) is 0 Å². The molecule has 1 saturated heterocycles. The number of piperazine rings is 1. The molecule has 1 aromatic heterocycles. The van der Waals surface area contributed by atoms with Crippen molar-refractivity contribution in [2.75, 3.05) is 61.6 Å². The maximum atomic E-state index is 12.5. The van der Waals surface area contributed by atoms with Crippen molar-refractivity contribution in [3.8, 4) is 17.0 Å². The van der Waals surface area contributed by atoms with Crippen LogP contribution in [0.3, 0.4) is 0 Å². The molecule has 0 unspecified atom stereocenters. The molecule has 9 heteroatoms. The van der Waals surface area contributed by atoms with Gasteiger partial charge in [-0.3, -0.25) is 0 Å². The largest absolute Gasteiger partial charge is 0.497 e. The van der Waals surface area contributed by atoms with E-state index in [-0.39, 0.29) is 12.0 Å². The molecule has 4 N–H and O–H groups in total. The topological polar surface area (TPSA) is 109 Å². The Balaban J connectivity index is 1.49. The first-order valence-electron chi connectivity index (χ1n) is 10.4. The number of carbonyl (C=O) groups is 1. The van der Waals surface area contributed by atoms with E-state index in [1.54, 1.807) is 19.2 Å². The van der Waals surface area contributed by atoms with Crippen LogP contribution in [-0.4, -0.2) is 61.2 Å². The van der Waals surface area contributed by atoms with Gasteiger partial charge in [0.1, 0.15) is 11.6 Å². The number of rotatable bonds is 5. The first kappa shape index (κ1) is 21.4. The van der Waals surface area contributed by atoms with Crippen LogP contribution in [0, 0.1) is 0 Å². The quantitative estimate of drug-likeness (QED) is 0.567. The molecule has 2 amide bonds. The zero-order valence-corrected chi connectivity index (χ0v) is 18.2. The van der Waals surface area contributed by atoms with Crippen molar-refractivity contribution in [3.05, 3.63) is 54.6 Å². The number of amides is 2. The van der Waals surface area contributed by atoms with Crippen molar-refractivity contribution >= 4 is 29.2 Å². The maximum absolute atomic E-state index is 12.5. The molecule has 32 heavy (non-hydrogen) atoms. The molecule has 0 saturated carbocycles. The Hall–Kier alpha value is -3.85. The molecule has 0 aliphatic carbocycles. The number of hydrogen-bond acceptors (Lipinski definition) is 7. The number of nitrogens with one attached hydrogen (secondary N) is 2. The van der Waals surface area contributed by atoms with E-state index < -0.39 is 0 Å². The monoisotopic (exact) mass is 433 g/mol. The second kappa shape index (κ2) is 9.52. The minimum Gasteiger partial charge on any atom is -0.497 e. The molecule has 2 aromatic carbocycles. The van der Waals surface area contributed by atoms with Crippen molar-refractivity contribution < 1.29 is 9.53 Å². The Bertz CT molecular complexity index is 1100. The summed E-state index contributed by atoms with van der Waals surface area (Å²) in [7, 11) is 3.69. The van der Waals surface area contributed by atoms with Crippen LogP contribution in [0.2, 0.25) is 0 Å². The summed E-state index contributed by atoms with van der Waals surface area (Å²) < 4.78 is 5.19. The van der Waals surface area contributed by atoms with E-state index in [0.717, 1.165) is 37.6 Å². The number of carbonyl (C=O) groups excluding carboxylic acids is 1. The zero-order chi connectivity index (χ0) is 22.5. The number of aromatic nitrogens is 2. The third-order valence-corrected chi connectivity index (χ3v) is 5.30. The predicted molar refractivity (Wildman–Crippen MR) is 127 cm³/mol. The molecule has 4 rings (SSSR count). The minimum atomic E-state index is -0.351. The van der Waals surface area contributed by atoms with Crippen molar-refractivity contribution in [1.29, 1.82) is 0 Å². The summed E-state index contributed by atoms with van der Waals surface area (Å²) in [5.74, 6) is 1.71. The Morgan fingerprint density at radius 2 is 1.66 bits per heavy atom. The van der Waals surface area contributed by atoms with E-state index in [1.165, 1.54) is 0 Å². The van der Waals surface area contributed by atoms with E-state index in [0.29, 0.717) is 22.8 Å². The molecule has 0 spiro atoms. The third kappa shape index (κ3) is 5.25. The highest BCUT2D eigenvalue weighted by Gasteiger charge is 2.17. The Kier molecular flexibility index (Phi) is 6.37. The Morgan fingerprint density at radius 1 is 0.969 bits per heavy atom. The lowest BCUT2D eigenvalue weighted by molar-refractivity contribution is 0.262. The summed E-state index contributed by atoms with van der Waals surface area (Å²) >= 11 is 0. The molecule has 0 radical (unpaired) electrons. The summed E-state index contributed by atoms with van der Waals surface area (Å²) in [6, 6.07) is 16.2. The zero-order valence-electron chi connectivity index (χ0n) is 18.2. The number of methoxy groups -OCH3 is 1. The molecular weight excluding hydrogens is 406 g/mol. The number of urea groups is 1. The van der Waals surface area contributed by atoms with Gasteiger partial charge >= 0.3 is 6.03 Å². The number of nitrogens with two attached hydrogens (primary N) is 1. The number of benzene rings is 2. The van der Waals surface area contributed by atoms with Gasteiger partial charge in [0.2, 0.25) is 5.95 Å². The number of hydrogen-bond donors (Lipinski definition) is 3. The van der Waals surface area contributed by atoms with Gasteiger partial charge in [-0.2, -0.15) is 4.98 Å². The van der Waals surface area contributed by atoms with E-state index in [1.807, 2.05) is 42.5 Å². The van der Waals surface area contributed by atoms with Crippen LogP contribution < -0.4 is 26.0 Å². The second-order valence-electron chi connectivity index (χ2n) is 7.65. The Labute approximate surface area is 187 Å². The van der Waals surface area contributed by atoms with E-state index in [4.69, 9.17) is 10.5 Å². The van der Waals surface area contributed by atoms with Gasteiger partial charge in [0.15, 0.2) is 0 Å². The highest BCUT2D eigenvalue weighted by molar-refractivity contribution is 6.00. The molecule has 3 aromatic rings. The van der Waals surface area contributed by atoms with Gasteiger partial charge in [-0.25, -0.2) is 9.78 Å². The van der Waals surface area contributed by atoms with Crippen LogP contribution in [0.4, 0.5) is 27.9 Å². The van der Waals surface area contributed by atoms with Gasteiger partial charge in [-0.15, -0.1) is 0 Å². The highest BCUT2D eigenvalue weighted by atomic mass is 16.5. The van der Waals surface area contributed by atoms with Gasteiger partial charge in [0, 0.05) is 55.2 Å². The molecule has 1 aliphatic heterocycles. The molecule has 166 valence electrons. The normalized spacial score (nSPS) is 14.1. The van der Waals surface area contributed by atoms with E-state index in [2.05, 4.69) is 37.4 Å². The van der Waals surface area contributed by atoms with E-state index in [9.17, 15) is 4.79 Å². The lowest BCUT2D eigenvalue weighted by Gasteiger charge is -2.33. The standard InChI is InChI=1S/C23H27N7O2/c1-29-9-11-30(12-10-29)21-15-20(27-22(24)28-21)16-5-3-6-17(13-16)25-23(31)26-18-7-4-8-19(14-18)32-2/h3-8,13-15H,9-12H2,1-2H3,(H2,24,27,28)(H2,25,26,31). The lowest BCUT2D eigenvalue weighted by Crippen LogP contribution is -2.44. The number of likely N-dealkylation sites (N-methyl/N-ethyl adjacent to an activating group) is 1. The highest BCUT2D eigenvalue weighted by Crippen LogP contribution is 2.26. The summed E-state index contributed by atoms with van der Waals surface area (Å²) in [5.41, 5.74) is 8.84. The van der Waals surface area contributed by atoms with Crippen LogP contribution in [0.15, 0.2) is 54.6 Å². The summed E-state index contributed by atoms with van der Waals surface area (Å²) in [6.07, 6.45) is 0. The minimum absolute atomic E-state index is 0.227. The molecule has 0 atom stereocenters. The molecular formula is C23H27N7O2. The summed E-state index contributed by atoms with van der Waals surface area (Å²) in [6.45, 7) is 3.72. The summed E-state index contributed by atoms with van der Waals surface area (Å²) in [4.78, 5) is 25.8. The predicted octanol–water partition coefficient (Wildman–Crippen LogP) is 3.13. The van der Waals surface area contributed by atoms with Crippen LogP contribution in [-0.2, 0) is 0 Å². The molecule has 9 nitrogen and oxygen atoms in total. The molecule has 0 bridgehead atoms. The molecule has 1 fully saturated rings. The van der Waals surface area contributed by atoms with E-state index >= 15 is 0 Å². The van der Waals surface area contributed by atoms with Gasteiger partial charge < -0.3 is 30.9 Å². The van der Waals surface area contributed by atoms with Crippen LogP contribution >= 0.6 is 0 Å². The number of nitrogen functional groups attached to an aromatic ring is 1. The van der Waals surface area contributed by atoms with Crippen LogP contribution in [0.5, 0.6) is 5.75 Å². The fourth-order valence-corrected chi connectivity index (χ4v) is 3.55. The van der Waals surface area contributed by atoms with Gasteiger partial charge in [0.25, 0.3) is 0 Å². The van der Waals surface area contributed by atoms with Crippen molar-refractivity contribution in [2.24, 2.45) is 0 Å². The average Bonchev–Trinajstić information content (AvgIpc) is 2.79. The SMILES string of the molecule is COc1cccc(NC(=O)Nc2cccc(-c3cc(N4CCN(C)CC4)nc(N)n3)c2)c1. The van der Waals surface area contributed by atoms with Crippen molar-refractivity contribution in [1.82, 2.24) is 14.9 Å². The van der Waals surface area contributed by atoms with Gasteiger partial charge in [-0.1, -0.05) is 18.2 Å². The smallest absolute Gasteiger partial charge is 0.323 e. The van der Waals surface area contributed by atoms with Gasteiger partial charge in [-0.05, 0) is 31.3 Å². The van der Waals surface area contributed by atoms with Crippen molar-refractivity contribution in [3.63, 3.8) is 0 Å². The fraction of sp³-hybridized carbons (Fsp3) is 0.261. The summed E-state index contributed by atoms with van der Waals surface area (Å²) in [5, 5.41) is 5.66. The van der Waals surface area contributed by atoms with Gasteiger partial charge in [0.05, 0.1) is 12.8 Å². The average molecular weight is 434 g/mol. The Morgan fingerprint density at radius 3 is 2.38 bits per heavy atom.